The summed E-state index contributed by atoms with van der Waals surface area (Å²) in [7, 11) is 0. The third kappa shape index (κ3) is 2.98. The van der Waals surface area contributed by atoms with E-state index in [-0.39, 0.29) is 40.3 Å². The lowest BCUT2D eigenvalue weighted by atomic mass is 9.79. The van der Waals surface area contributed by atoms with Crippen LogP contribution in [-0.4, -0.2) is 34.8 Å². The Hall–Kier alpha value is -1.43. The minimum absolute atomic E-state index is 0.0201. The zero-order valence-corrected chi connectivity index (χ0v) is 16.5. The largest absolute Gasteiger partial charge is 0.461 e. The van der Waals surface area contributed by atoms with Gasteiger partial charge in [-0.05, 0) is 26.3 Å². The number of hydrogen-bond donors (Lipinski definition) is 0. The lowest BCUT2D eigenvalue weighted by Crippen LogP contribution is -2.39. The number of carbonyl (C=O) groups excluding carboxylic acids is 3. The van der Waals surface area contributed by atoms with Crippen molar-refractivity contribution in [1.82, 2.24) is 0 Å². The van der Waals surface area contributed by atoms with Gasteiger partial charge in [-0.2, -0.15) is 0 Å². The van der Waals surface area contributed by atoms with Crippen molar-refractivity contribution in [3.8, 4) is 0 Å². The predicted molar refractivity (Wildman–Crippen MR) is 95.0 cm³/mol. The zero-order chi connectivity index (χ0) is 18.5. The Morgan fingerprint density at radius 1 is 1.40 bits per heavy atom. The highest BCUT2D eigenvalue weighted by Gasteiger charge is 2.55. The number of ether oxygens (including phenoxy) is 2. The summed E-state index contributed by atoms with van der Waals surface area (Å²) in [5.74, 6) is -1.47. The van der Waals surface area contributed by atoms with E-state index in [2.05, 4.69) is 15.9 Å². The highest BCUT2D eigenvalue weighted by atomic mass is 79.9. The number of hydrogen-bond acceptors (Lipinski definition) is 5. The molecule has 0 spiro atoms. The van der Waals surface area contributed by atoms with Gasteiger partial charge in [0, 0.05) is 23.8 Å². The molecule has 1 heterocycles. The van der Waals surface area contributed by atoms with Crippen LogP contribution in [0.4, 0.5) is 0 Å². The van der Waals surface area contributed by atoms with Gasteiger partial charge in [-0.25, -0.2) is 0 Å². The first-order valence-corrected chi connectivity index (χ1v) is 9.65. The van der Waals surface area contributed by atoms with Crippen molar-refractivity contribution in [3.63, 3.8) is 0 Å². The summed E-state index contributed by atoms with van der Waals surface area (Å²) in [6, 6.07) is 0. The molecule has 3 rings (SSSR count). The maximum absolute atomic E-state index is 12.4. The van der Waals surface area contributed by atoms with E-state index < -0.39 is 12.2 Å². The van der Waals surface area contributed by atoms with Crippen LogP contribution < -0.4 is 0 Å². The van der Waals surface area contributed by atoms with Gasteiger partial charge in [-0.1, -0.05) is 40.9 Å². The summed E-state index contributed by atoms with van der Waals surface area (Å²) in [6.07, 6.45) is 1.79. The van der Waals surface area contributed by atoms with E-state index in [9.17, 15) is 14.4 Å². The first-order chi connectivity index (χ1) is 11.8. The van der Waals surface area contributed by atoms with Gasteiger partial charge in [-0.15, -0.1) is 0 Å². The van der Waals surface area contributed by atoms with Crippen LogP contribution in [0.25, 0.3) is 0 Å². The highest BCUT2D eigenvalue weighted by Crippen LogP contribution is 2.48. The van der Waals surface area contributed by atoms with Crippen molar-refractivity contribution in [1.29, 1.82) is 0 Å². The Morgan fingerprint density at radius 2 is 2.08 bits per heavy atom. The Bertz CT molecular complexity index is 692. The van der Waals surface area contributed by atoms with E-state index in [1.807, 2.05) is 27.7 Å². The fourth-order valence-corrected chi connectivity index (χ4v) is 4.41. The summed E-state index contributed by atoms with van der Waals surface area (Å²) in [5, 5.41) is 0. The van der Waals surface area contributed by atoms with Crippen LogP contribution in [0.5, 0.6) is 0 Å². The zero-order valence-electron chi connectivity index (χ0n) is 14.9. The van der Waals surface area contributed by atoms with Gasteiger partial charge in [0.25, 0.3) is 0 Å². The number of ketones is 1. The normalized spacial score (nSPS) is 35.6. The molecule has 0 unspecified atom stereocenters. The van der Waals surface area contributed by atoms with Crippen molar-refractivity contribution < 1.29 is 23.9 Å². The molecule has 0 aromatic rings. The van der Waals surface area contributed by atoms with Crippen LogP contribution in [0, 0.1) is 17.8 Å². The molecule has 0 saturated carbocycles. The number of fused-ring (bicyclic) bond motifs is 3. The number of allylic oxidation sites excluding steroid dienone is 1. The summed E-state index contributed by atoms with van der Waals surface area (Å²) in [6.45, 7) is 7.52. The minimum Gasteiger partial charge on any atom is -0.461 e. The monoisotopic (exact) mass is 410 g/mol. The first-order valence-electron chi connectivity index (χ1n) is 8.73. The molecule has 1 aliphatic heterocycles. The number of rotatable bonds is 3. The number of alkyl halides is 1. The average Bonchev–Trinajstić information content (AvgIpc) is 2.96. The molecule has 0 N–H and O–H groups in total. The van der Waals surface area contributed by atoms with E-state index in [0.29, 0.717) is 18.4 Å². The van der Waals surface area contributed by atoms with Gasteiger partial charge in [-0.3, -0.25) is 14.4 Å². The molecule has 136 valence electrons. The molecule has 2 aliphatic carbocycles. The number of halogens is 1. The molecule has 1 saturated heterocycles. The molecule has 6 heteroatoms. The maximum atomic E-state index is 12.4. The Kier molecular flexibility index (Phi) is 4.93. The Balaban J connectivity index is 2.00. The van der Waals surface area contributed by atoms with E-state index >= 15 is 0 Å². The topological polar surface area (TPSA) is 69.7 Å². The molecule has 3 aliphatic rings. The van der Waals surface area contributed by atoms with Crippen LogP contribution in [0.1, 0.15) is 40.5 Å². The molecule has 0 amide bonds. The van der Waals surface area contributed by atoms with Crippen LogP contribution >= 0.6 is 15.9 Å². The molecule has 25 heavy (non-hydrogen) atoms. The Labute approximate surface area is 155 Å². The molecular formula is C19H23BrO5. The second-order valence-corrected chi connectivity index (χ2v) is 8.35. The SMILES string of the molecule is CC[C@@H](Br)C(=O)O[C@H]1CC(C)=C2C(=O)C=C(C)[C@@H]2[C@H]2OC(=O)[C@@H](C)[C@@H]21. The molecule has 0 aromatic carbocycles. The standard InChI is InChI=1S/C19H23BrO5/c1-5-11(20)19(23)24-13-7-9(3)14-12(21)6-8(2)15(14)17-16(13)10(4)18(22)25-17/h6,10-11,13,15-17H,5,7H2,1-4H3/t10-,11+,13-,15-,16+,17+/m0/s1. The average molecular weight is 411 g/mol. The Morgan fingerprint density at radius 3 is 2.72 bits per heavy atom. The van der Waals surface area contributed by atoms with E-state index in [1.165, 1.54) is 0 Å². The molecule has 1 fully saturated rings. The van der Waals surface area contributed by atoms with Gasteiger partial charge >= 0.3 is 11.9 Å². The van der Waals surface area contributed by atoms with Crippen molar-refractivity contribution in [2.45, 2.75) is 57.6 Å². The molecule has 0 radical (unpaired) electrons. The van der Waals surface area contributed by atoms with Gasteiger partial charge < -0.3 is 9.47 Å². The van der Waals surface area contributed by atoms with E-state index in [0.717, 1.165) is 11.1 Å². The molecule has 0 bridgehead atoms. The summed E-state index contributed by atoms with van der Waals surface area (Å²) >= 11 is 3.32. The number of carbonyl (C=O) groups is 3. The smallest absolute Gasteiger partial charge is 0.320 e. The molecule has 0 aromatic heterocycles. The van der Waals surface area contributed by atoms with Crippen LogP contribution in [0.3, 0.4) is 0 Å². The maximum Gasteiger partial charge on any atom is 0.320 e. The van der Waals surface area contributed by atoms with Gasteiger partial charge in [0.15, 0.2) is 5.78 Å². The molecular weight excluding hydrogens is 388 g/mol. The van der Waals surface area contributed by atoms with Gasteiger partial charge in [0.05, 0.1) is 5.92 Å². The lowest BCUT2D eigenvalue weighted by molar-refractivity contribution is -0.152. The third-order valence-electron chi connectivity index (χ3n) is 5.61. The first kappa shape index (κ1) is 18.4. The number of esters is 2. The summed E-state index contributed by atoms with van der Waals surface area (Å²) < 4.78 is 11.4. The van der Waals surface area contributed by atoms with Crippen molar-refractivity contribution in [2.75, 3.05) is 0 Å². The third-order valence-corrected chi connectivity index (χ3v) is 6.63. The highest BCUT2D eigenvalue weighted by molar-refractivity contribution is 9.10. The van der Waals surface area contributed by atoms with E-state index in [1.54, 1.807) is 6.08 Å². The van der Waals surface area contributed by atoms with Crippen molar-refractivity contribution in [3.05, 3.63) is 22.8 Å². The van der Waals surface area contributed by atoms with Gasteiger partial charge in [0.1, 0.15) is 17.0 Å². The summed E-state index contributed by atoms with van der Waals surface area (Å²) in [4.78, 5) is 36.6. The van der Waals surface area contributed by atoms with E-state index in [4.69, 9.17) is 9.47 Å². The van der Waals surface area contributed by atoms with Crippen molar-refractivity contribution >= 4 is 33.7 Å². The predicted octanol–water partition coefficient (Wildman–Crippen LogP) is 3.11. The molecule has 5 nitrogen and oxygen atoms in total. The van der Waals surface area contributed by atoms with Crippen LogP contribution in [-0.2, 0) is 23.9 Å². The fourth-order valence-electron chi connectivity index (χ4n) is 4.30. The summed E-state index contributed by atoms with van der Waals surface area (Å²) in [5.41, 5.74) is 2.54. The minimum atomic E-state index is -0.468. The van der Waals surface area contributed by atoms with Crippen LogP contribution in [0.15, 0.2) is 22.8 Å². The fraction of sp³-hybridized carbons (Fsp3) is 0.632. The van der Waals surface area contributed by atoms with Crippen LogP contribution in [0.2, 0.25) is 0 Å². The second-order valence-electron chi connectivity index (χ2n) is 7.25. The van der Waals surface area contributed by atoms with Crippen molar-refractivity contribution in [2.24, 2.45) is 17.8 Å². The lowest BCUT2D eigenvalue weighted by Gasteiger charge is -2.29. The molecule has 6 atom stereocenters. The second kappa shape index (κ2) is 6.71. The van der Waals surface area contributed by atoms with Gasteiger partial charge in [0.2, 0.25) is 0 Å². The quantitative estimate of drug-likeness (QED) is 0.527.